The maximum Gasteiger partial charge on any atom is 0.136 e. The van der Waals surface area contributed by atoms with Crippen molar-refractivity contribution in [2.45, 2.75) is 38.5 Å². The minimum atomic E-state index is -1.17. The Morgan fingerprint density at radius 3 is 2.41 bits per heavy atom. The second-order valence-electron chi connectivity index (χ2n) is 4.92. The predicted molar refractivity (Wildman–Crippen MR) is 73.5 cm³/mol. The van der Waals surface area contributed by atoms with Crippen molar-refractivity contribution in [3.63, 3.8) is 0 Å². The molecule has 96 valence electrons. The van der Waals surface area contributed by atoms with Gasteiger partial charge in [0.2, 0.25) is 0 Å². The summed E-state index contributed by atoms with van der Waals surface area (Å²) < 4.78 is 28.5. The van der Waals surface area contributed by atoms with Crippen molar-refractivity contribution in [1.29, 1.82) is 0 Å². The number of hydrogen-bond acceptors (Lipinski definition) is 2. The molecule has 1 rings (SSSR count). The summed E-state index contributed by atoms with van der Waals surface area (Å²) in [5, 5.41) is 0. The van der Waals surface area contributed by atoms with E-state index in [1.807, 2.05) is 33.8 Å². The highest BCUT2D eigenvalue weighted by atomic mass is 79.9. The van der Waals surface area contributed by atoms with Crippen molar-refractivity contribution in [1.82, 2.24) is 4.72 Å². The predicted octanol–water partition coefficient (Wildman–Crippen LogP) is 3.70. The standard InChI is InChI=1S/C12H17BrFNOS/c1-8(15-17(16)12(2,3)4)9-5-10(13)7-11(14)6-9/h5-8,15H,1-4H3/t8-,17+/m1/s1. The van der Waals surface area contributed by atoms with Gasteiger partial charge < -0.3 is 4.55 Å². The Morgan fingerprint density at radius 1 is 1.35 bits per heavy atom. The first-order chi connectivity index (χ1) is 7.70. The number of halogens is 2. The molecule has 0 bridgehead atoms. The summed E-state index contributed by atoms with van der Waals surface area (Å²) in [4.78, 5) is 0. The quantitative estimate of drug-likeness (QED) is 0.861. The van der Waals surface area contributed by atoms with Crippen LogP contribution in [-0.2, 0) is 11.4 Å². The van der Waals surface area contributed by atoms with Crippen molar-refractivity contribution < 1.29 is 8.94 Å². The van der Waals surface area contributed by atoms with Crippen molar-refractivity contribution in [3.05, 3.63) is 34.1 Å². The summed E-state index contributed by atoms with van der Waals surface area (Å²) in [5.74, 6) is -0.301. The zero-order valence-electron chi connectivity index (χ0n) is 10.4. The molecule has 0 radical (unpaired) electrons. The van der Waals surface area contributed by atoms with Crippen LogP contribution in [0.2, 0.25) is 0 Å². The Bertz CT molecular complexity index is 374. The Hall–Kier alpha value is -0.100. The maximum absolute atomic E-state index is 13.2. The second kappa shape index (κ2) is 5.69. The molecule has 1 aromatic rings. The van der Waals surface area contributed by atoms with Crippen LogP contribution in [0.3, 0.4) is 0 Å². The Kier molecular flexibility index (Phi) is 5.01. The summed E-state index contributed by atoms with van der Waals surface area (Å²) in [5.41, 5.74) is 0.773. The van der Waals surface area contributed by atoms with Gasteiger partial charge in [-0.3, -0.25) is 0 Å². The van der Waals surface area contributed by atoms with Gasteiger partial charge in [0.25, 0.3) is 0 Å². The van der Waals surface area contributed by atoms with Crippen LogP contribution in [0.4, 0.5) is 4.39 Å². The van der Waals surface area contributed by atoms with Gasteiger partial charge >= 0.3 is 0 Å². The topological polar surface area (TPSA) is 35.1 Å². The smallest absolute Gasteiger partial charge is 0.136 e. The lowest BCUT2D eigenvalue weighted by Gasteiger charge is -2.26. The molecule has 0 saturated heterocycles. The van der Waals surface area contributed by atoms with Gasteiger partial charge in [-0.2, -0.15) is 0 Å². The molecule has 0 amide bonds. The first-order valence-electron chi connectivity index (χ1n) is 5.34. The van der Waals surface area contributed by atoms with Gasteiger partial charge in [-0.1, -0.05) is 15.9 Å². The van der Waals surface area contributed by atoms with E-state index < -0.39 is 11.4 Å². The van der Waals surface area contributed by atoms with E-state index in [0.29, 0.717) is 4.47 Å². The maximum atomic E-state index is 13.2. The monoisotopic (exact) mass is 321 g/mol. The van der Waals surface area contributed by atoms with Crippen molar-refractivity contribution in [3.8, 4) is 0 Å². The van der Waals surface area contributed by atoms with E-state index in [-0.39, 0.29) is 16.6 Å². The minimum Gasteiger partial charge on any atom is -0.598 e. The van der Waals surface area contributed by atoms with Crippen molar-refractivity contribution >= 4 is 27.3 Å². The fourth-order valence-corrected chi connectivity index (χ4v) is 2.52. The van der Waals surface area contributed by atoms with Gasteiger partial charge in [0.1, 0.15) is 10.6 Å². The van der Waals surface area contributed by atoms with E-state index in [0.717, 1.165) is 5.56 Å². The molecule has 1 aromatic carbocycles. The van der Waals surface area contributed by atoms with E-state index in [9.17, 15) is 8.94 Å². The van der Waals surface area contributed by atoms with Crippen LogP contribution < -0.4 is 4.72 Å². The summed E-state index contributed by atoms with van der Waals surface area (Å²) in [6, 6.07) is 4.50. The molecular weight excluding hydrogens is 305 g/mol. The molecule has 5 heteroatoms. The molecule has 0 aliphatic carbocycles. The SMILES string of the molecule is C[C@@H](N[S@@+]([O-])C(C)(C)C)c1cc(F)cc(Br)c1. The van der Waals surface area contributed by atoms with E-state index >= 15 is 0 Å². The van der Waals surface area contributed by atoms with Gasteiger partial charge in [0, 0.05) is 15.8 Å². The molecule has 0 aromatic heterocycles. The molecule has 0 heterocycles. The first-order valence-corrected chi connectivity index (χ1v) is 7.28. The van der Waals surface area contributed by atoms with Gasteiger partial charge in [-0.05, 0) is 51.5 Å². The molecule has 17 heavy (non-hydrogen) atoms. The van der Waals surface area contributed by atoms with Crippen LogP contribution in [0, 0.1) is 5.82 Å². The number of nitrogens with one attached hydrogen (secondary N) is 1. The second-order valence-corrected chi connectivity index (χ2v) is 7.84. The number of rotatable bonds is 3. The lowest BCUT2D eigenvalue weighted by atomic mass is 10.1. The molecule has 0 aliphatic heterocycles. The highest BCUT2D eigenvalue weighted by Crippen LogP contribution is 2.23. The van der Waals surface area contributed by atoms with Crippen LogP contribution in [-0.4, -0.2) is 9.30 Å². The lowest BCUT2D eigenvalue weighted by Crippen LogP contribution is -2.40. The zero-order valence-corrected chi connectivity index (χ0v) is 12.8. The third-order valence-electron chi connectivity index (χ3n) is 2.22. The number of hydrogen-bond donors (Lipinski definition) is 1. The van der Waals surface area contributed by atoms with Gasteiger partial charge in [0.05, 0.1) is 6.04 Å². The highest BCUT2D eigenvalue weighted by molar-refractivity contribution is 9.10. The molecule has 2 atom stereocenters. The van der Waals surface area contributed by atoms with Crippen LogP contribution >= 0.6 is 15.9 Å². The average Bonchev–Trinajstić information content (AvgIpc) is 2.14. The molecular formula is C12H17BrFNOS. The fourth-order valence-electron chi connectivity index (χ4n) is 1.23. The molecule has 1 N–H and O–H groups in total. The Labute approximate surface area is 113 Å². The van der Waals surface area contributed by atoms with Crippen LogP contribution in [0.25, 0.3) is 0 Å². The summed E-state index contributed by atoms with van der Waals surface area (Å²) in [6.45, 7) is 7.55. The highest BCUT2D eigenvalue weighted by Gasteiger charge is 2.28. The van der Waals surface area contributed by atoms with Gasteiger partial charge in [0.15, 0.2) is 0 Å². The number of benzene rings is 1. The average molecular weight is 322 g/mol. The normalized spacial score (nSPS) is 15.7. The fraction of sp³-hybridized carbons (Fsp3) is 0.500. The largest absolute Gasteiger partial charge is 0.598 e. The van der Waals surface area contributed by atoms with Gasteiger partial charge in [-0.25, -0.2) is 4.39 Å². The lowest BCUT2D eigenvalue weighted by molar-refractivity contribution is 0.530. The van der Waals surface area contributed by atoms with Crippen LogP contribution in [0.5, 0.6) is 0 Å². The minimum absolute atomic E-state index is 0.165. The third-order valence-corrected chi connectivity index (χ3v) is 4.36. The molecule has 0 unspecified atom stereocenters. The van der Waals surface area contributed by atoms with Crippen molar-refractivity contribution in [2.75, 3.05) is 0 Å². The molecule has 0 fully saturated rings. The zero-order chi connectivity index (χ0) is 13.2. The van der Waals surface area contributed by atoms with Crippen LogP contribution in [0.1, 0.15) is 39.3 Å². The summed E-state index contributed by atoms with van der Waals surface area (Å²) in [6.07, 6.45) is 0. The van der Waals surface area contributed by atoms with Crippen molar-refractivity contribution in [2.24, 2.45) is 0 Å². The Morgan fingerprint density at radius 2 is 1.94 bits per heavy atom. The first kappa shape index (κ1) is 15.0. The molecule has 0 aliphatic rings. The summed E-state index contributed by atoms with van der Waals surface area (Å²) in [7, 11) is 0. The van der Waals surface area contributed by atoms with Gasteiger partial charge in [-0.15, -0.1) is 4.72 Å². The van der Waals surface area contributed by atoms with Crippen LogP contribution in [0.15, 0.2) is 22.7 Å². The van der Waals surface area contributed by atoms with E-state index in [1.54, 1.807) is 0 Å². The Balaban J connectivity index is 2.79. The molecule has 2 nitrogen and oxygen atoms in total. The molecule has 0 spiro atoms. The van der Waals surface area contributed by atoms with E-state index in [1.165, 1.54) is 12.1 Å². The van der Waals surface area contributed by atoms with E-state index in [4.69, 9.17) is 0 Å². The third kappa shape index (κ3) is 4.58. The summed E-state index contributed by atoms with van der Waals surface area (Å²) >= 11 is 2.07. The molecule has 0 saturated carbocycles. The van der Waals surface area contributed by atoms with E-state index in [2.05, 4.69) is 20.7 Å².